The van der Waals surface area contributed by atoms with Gasteiger partial charge in [0.25, 0.3) is 0 Å². The average Bonchev–Trinajstić information content (AvgIpc) is 3.21. The molecule has 0 radical (unpaired) electrons. The highest BCUT2D eigenvalue weighted by atomic mass is 16.6. The molecule has 0 bridgehead atoms. The zero-order valence-corrected chi connectivity index (χ0v) is 18.4. The minimum absolute atomic E-state index is 0.0363. The summed E-state index contributed by atoms with van der Waals surface area (Å²) in [5.74, 6) is 0.273. The van der Waals surface area contributed by atoms with E-state index in [-0.39, 0.29) is 24.0 Å². The summed E-state index contributed by atoms with van der Waals surface area (Å²) >= 11 is 0. The van der Waals surface area contributed by atoms with Gasteiger partial charge in [0.05, 0.1) is 25.9 Å². The molecule has 2 N–H and O–H groups in total. The van der Waals surface area contributed by atoms with Crippen molar-refractivity contribution in [3.8, 4) is 0 Å². The Morgan fingerprint density at radius 2 is 2.14 bits per heavy atom. The van der Waals surface area contributed by atoms with Crippen LogP contribution in [-0.4, -0.2) is 48.7 Å². The summed E-state index contributed by atoms with van der Waals surface area (Å²) in [5, 5.41) is 21.2. The number of carbonyl (C=O) groups excluding carboxylic acids is 1. The molecular formula is C24H38O5. The molecule has 0 aromatic heterocycles. The van der Waals surface area contributed by atoms with Crippen LogP contribution in [0.15, 0.2) is 36.0 Å². The van der Waals surface area contributed by atoms with Crippen LogP contribution in [0.1, 0.15) is 52.9 Å². The van der Waals surface area contributed by atoms with E-state index in [0.717, 1.165) is 43.3 Å². The fraction of sp³-hybridized carbons (Fsp3) is 0.708. The molecule has 2 aliphatic carbocycles. The van der Waals surface area contributed by atoms with E-state index in [1.54, 1.807) is 0 Å². The topological polar surface area (TPSA) is 76.0 Å². The SMILES string of the molecule is C=C(COCC(=O)OC)C1=C[C@H]2C[C@@H](O)[C@H](/C=C/[C@@H](O)C(C)(C)CCCC)[C@H]2C1. The normalized spacial score (nSPS) is 27.7. The fourth-order valence-electron chi connectivity index (χ4n) is 4.46. The number of carbonyl (C=O) groups is 1. The maximum atomic E-state index is 11.2. The van der Waals surface area contributed by atoms with E-state index in [4.69, 9.17) is 4.74 Å². The standard InChI is InChI=1S/C24H38O5/c1-6-7-10-24(3,4)22(26)9-8-19-20-12-17(11-18(20)13-21(19)25)16(2)14-29-15-23(27)28-5/h8-9,11,18-22,25-26H,2,6-7,10,12-15H2,1,3-5H3/b9-8+/t18-,19+,20-,21+,22+/m0/s1. The minimum atomic E-state index is -0.518. The minimum Gasteiger partial charge on any atom is -0.467 e. The van der Waals surface area contributed by atoms with Crippen molar-refractivity contribution in [2.45, 2.75) is 65.1 Å². The molecule has 0 heterocycles. The number of aliphatic hydroxyl groups excluding tert-OH is 2. The molecule has 0 amide bonds. The van der Waals surface area contributed by atoms with Crippen molar-refractivity contribution in [3.63, 3.8) is 0 Å². The lowest BCUT2D eigenvalue weighted by atomic mass is 9.80. The number of aliphatic hydroxyl groups is 2. The van der Waals surface area contributed by atoms with E-state index in [2.05, 4.69) is 38.2 Å². The molecule has 5 heteroatoms. The highest BCUT2D eigenvalue weighted by molar-refractivity contribution is 5.70. The third kappa shape index (κ3) is 6.27. The third-order valence-corrected chi connectivity index (χ3v) is 6.54. The Kier molecular flexibility index (Phi) is 8.68. The van der Waals surface area contributed by atoms with Crippen LogP contribution in [0.5, 0.6) is 0 Å². The molecule has 0 aliphatic heterocycles. The van der Waals surface area contributed by atoms with Gasteiger partial charge in [0, 0.05) is 5.92 Å². The van der Waals surface area contributed by atoms with Crippen LogP contribution >= 0.6 is 0 Å². The maximum absolute atomic E-state index is 11.2. The summed E-state index contributed by atoms with van der Waals surface area (Å²) in [7, 11) is 1.34. The molecule has 0 unspecified atom stereocenters. The van der Waals surface area contributed by atoms with Crippen molar-refractivity contribution in [1.82, 2.24) is 0 Å². The van der Waals surface area contributed by atoms with Crippen LogP contribution in [0.3, 0.4) is 0 Å². The van der Waals surface area contributed by atoms with Crippen LogP contribution in [-0.2, 0) is 14.3 Å². The fourth-order valence-corrected chi connectivity index (χ4v) is 4.46. The zero-order valence-electron chi connectivity index (χ0n) is 18.4. The Balaban J connectivity index is 1.92. The van der Waals surface area contributed by atoms with E-state index < -0.39 is 12.1 Å². The molecule has 0 spiro atoms. The Morgan fingerprint density at radius 1 is 1.41 bits per heavy atom. The molecule has 0 saturated heterocycles. The van der Waals surface area contributed by atoms with Gasteiger partial charge in [-0.05, 0) is 47.7 Å². The first-order valence-electron chi connectivity index (χ1n) is 10.8. The molecule has 1 fully saturated rings. The predicted octanol–water partition coefficient (Wildman–Crippen LogP) is 3.81. The van der Waals surface area contributed by atoms with Crippen LogP contribution in [0.25, 0.3) is 0 Å². The summed E-state index contributed by atoms with van der Waals surface area (Å²) < 4.78 is 9.94. The molecule has 1 saturated carbocycles. The molecule has 2 aliphatic rings. The first-order valence-corrected chi connectivity index (χ1v) is 10.8. The van der Waals surface area contributed by atoms with Gasteiger partial charge < -0.3 is 19.7 Å². The van der Waals surface area contributed by atoms with E-state index >= 15 is 0 Å². The van der Waals surface area contributed by atoms with Gasteiger partial charge in [-0.2, -0.15) is 0 Å². The van der Waals surface area contributed by atoms with Crippen molar-refractivity contribution in [3.05, 3.63) is 36.0 Å². The van der Waals surface area contributed by atoms with Crippen molar-refractivity contribution < 1.29 is 24.5 Å². The smallest absolute Gasteiger partial charge is 0.331 e. The molecule has 0 aromatic rings. The number of allylic oxidation sites excluding steroid dienone is 1. The lowest BCUT2D eigenvalue weighted by Gasteiger charge is -2.29. The van der Waals surface area contributed by atoms with E-state index in [0.29, 0.717) is 18.4 Å². The first-order chi connectivity index (χ1) is 13.7. The summed E-state index contributed by atoms with van der Waals surface area (Å²) in [4.78, 5) is 11.2. The van der Waals surface area contributed by atoms with Gasteiger partial charge in [0.15, 0.2) is 0 Å². The number of esters is 1. The van der Waals surface area contributed by atoms with Gasteiger partial charge in [0.2, 0.25) is 0 Å². The van der Waals surface area contributed by atoms with Gasteiger partial charge in [-0.3, -0.25) is 0 Å². The highest BCUT2D eigenvalue weighted by Crippen LogP contribution is 2.48. The van der Waals surface area contributed by atoms with Crippen molar-refractivity contribution in [2.24, 2.45) is 23.2 Å². The van der Waals surface area contributed by atoms with E-state index in [1.165, 1.54) is 7.11 Å². The Labute approximate surface area is 175 Å². The summed E-state index contributed by atoms with van der Waals surface area (Å²) in [5.41, 5.74) is 1.86. The molecule has 5 atom stereocenters. The number of methoxy groups -OCH3 is 1. The average molecular weight is 407 g/mol. The number of hydrogen-bond donors (Lipinski definition) is 2. The Bertz CT molecular complexity index is 633. The van der Waals surface area contributed by atoms with Gasteiger partial charge in [-0.1, -0.05) is 58.4 Å². The van der Waals surface area contributed by atoms with E-state index in [1.807, 2.05) is 12.2 Å². The molecule has 164 valence electrons. The molecular weight excluding hydrogens is 368 g/mol. The van der Waals surface area contributed by atoms with Crippen LogP contribution in [0.4, 0.5) is 0 Å². The van der Waals surface area contributed by atoms with Gasteiger partial charge in [-0.25, -0.2) is 4.79 Å². The number of ether oxygens (including phenoxy) is 2. The lowest BCUT2D eigenvalue weighted by molar-refractivity contribution is -0.145. The second-order valence-electron chi connectivity index (χ2n) is 9.20. The predicted molar refractivity (Wildman–Crippen MR) is 114 cm³/mol. The summed E-state index contributed by atoms with van der Waals surface area (Å²) in [6.45, 7) is 10.7. The van der Waals surface area contributed by atoms with Gasteiger partial charge >= 0.3 is 5.97 Å². The molecule has 29 heavy (non-hydrogen) atoms. The van der Waals surface area contributed by atoms with Crippen molar-refractivity contribution >= 4 is 5.97 Å². The van der Waals surface area contributed by atoms with Crippen molar-refractivity contribution in [1.29, 1.82) is 0 Å². The summed E-state index contributed by atoms with van der Waals surface area (Å²) in [6.07, 6.45) is 9.98. The monoisotopic (exact) mass is 406 g/mol. The second-order valence-corrected chi connectivity index (χ2v) is 9.20. The largest absolute Gasteiger partial charge is 0.467 e. The lowest BCUT2D eigenvalue weighted by Crippen LogP contribution is -2.28. The van der Waals surface area contributed by atoms with Gasteiger partial charge in [0.1, 0.15) is 6.61 Å². The zero-order chi connectivity index (χ0) is 21.6. The van der Waals surface area contributed by atoms with E-state index in [9.17, 15) is 15.0 Å². The third-order valence-electron chi connectivity index (χ3n) is 6.54. The molecule has 0 aromatic carbocycles. The van der Waals surface area contributed by atoms with Crippen LogP contribution in [0, 0.1) is 23.2 Å². The number of rotatable bonds is 11. The molecule has 2 rings (SSSR count). The molecule has 5 nitrogen and oxygen atoms in total. The number of fused-ring (bicyclic) bond motifs is 1. The van der Waals surface area contributed by atoms with Crippen LogP contribution in [0.2, 0.25) is 0 Å². The van der Waals surface area contributed by atoms with Crippen molar-refractivity contribution in [2.75, 3.05) is 20.3 Å². The Hall–Kier alpha value is -1.43. The quantitative estimate of drug-likeness (QED) is 0.403. The Morgan fingerprint density at radius 3 is 2.79 bits per heavy atom. The second kappa shape index (κ2) is 10.6. The highest BCUT2D eigenvalue weighted by Gasteiger charge is 2.43. The van der Waals surface area contributed by atoms with Gasteiger partial charge in [-0.15, -0.1) is 0 Å². The number of unbranched alkanes of at least 4 members (excludes halogenated alkanes) is 1. The summed E-state index contributed by atoms with van der Waals surface area (Å²) in [6, 6.07) is 0. The number of hydrogen-bond acceptors (Lipinski definition) is 5. The maximum Gasteiger partial charge on any atom is 0.331 e. The van der Waals surface area contributed by atoms with Crippen LogP contribution < -0.4 is 0 Å². The first kappa shape index (κ1) is 23.8.